The Balaban J connectivity index is 2.20. The van der Waals surface area contributed by atoms with Crippen LogP contribution in [0.2, 0.25) is 0 Å². The van der Waals surface area contributed by atoms with Crippen molar-refractivity contribution in [3.05, 3.63) is 0 Å². The molecule has 106 valence electrons. The zero-order chi connectivity index (χ0) is 13.5. The van der Waals surface area contributed by atoms with Crippen molar-refractivity contribution >= 4 is 6.09 Å². The van der Waals surface area contributed by atoms with Crippen LogP contribution in [0.5, 0.6) is 0 Å². The maximum Gasteiger partial charge on any atom is 0.409 e. The first-order valence-corrected chi connectivity index (χ1v) is 7.40. The van der Waals surface area contributed by atoms with Crippen LogP contribution in [-0.4, -0.2) is 30.7 Å². The Morgan fingerprint density at radius 2 is 1.78 bits per heavy atom. The lowest BCUT2D eigenvalue weighted by Crippen LogP contribution is -2.39. The zero-order valence-corrected chi connectivity index (χ0v) is 12.4. The van der Waals surface area contributed by atoms with E-state index in [9.17, 15) is 4.79 Å². The molecule has 1 rings (SSSR count). The van der Waals surface area contributed by atoms with Crippen LogP contribution in [-0.2, 0) is 4.74 Å². The quantitative estimate of drug-likeness (QED) is 0.745. The number of ether oxygens (including phenoxy) is 1. The van der Waals surface area contributed by atoms with Crippen molar-refractivity contribution in [2.75, 3.05) is 19.7 Å². The van der Waals surface area contributed by atoms with Gasteiger partial charge >= 0.3 is 6.09 Å². The van der Waals surface area contributed by atoms with Gasteiger partial charge in [-0.2, -0.15) is 0 Å². The third-order valence-corrected chi connectivity index (χ3v) is 3.57. The van der Waals surface area contributed by atoms with Gasteiger partial charge in [0, 0.05) is 13.1 Å². The van der Waals surface area contributed by atoms with Gasteiger partial charge < -0.3 is 9.64 Å². The Kier molecular flexibility index (Phi) is 6.51. The first-order chi connectivity index (χ1) is 8.49. The topological polar surface area (TPSA) is 29.5 Å². The van der Waals surface area contributed by atoms with E-state index in [0.29, 0.717) is 12.5 Å². The molecular formula is C15H29NO2. The molecule has 0 aromatic carbocycles. The highest BCUT2D eigenvalue weighted by molar-refractivity contribution is 5.67. The molecular weight excluding hydrogens is 226 g/mol. The SMILES string of the molecule is CC(C)CCC1CCN(C(=O)OCC(C)C)CC1. The van der Waals surface area contributed by atoms with Gasteiger partial charge in [0.1, 0.15) is 0 Å². The summed E-state index contributed by atoms with van der Waals surface area (Å²) in [4.78, 5) is 13.6. The zero-order valence-electron chi connectivity index (χ0n) is 12.4. The van der Waals surface area contributed by atoms with Gasteiger partial charge in [-0.25, -0.2) is 4.79 Å². The van der Waals surface area contributed by atoms with Crippen LogP contribution in [0.15, 0.2) is 0 Å². The van der Waals surface area contributed by atoms with E-state index < -0.39 is 0 Å². The molecule has 1 fully saturated rings. The number of nitrogens with zero attached hydrogens (tertiary/aromatic N) is 1. The van der Waals surface area contributed by atoms with Gasteiger partial charge in [-0.05, 0) is 30.6 Å². The molecule has 3 nitrogen and oxygen atoms in total. The fourth-order valence-corrected chi connectivity index (χ4v) is 2.30. The molecule has 1 saturated heterocycles. The summed E-state index contributed by atoms with van der Waals surface area (Å²) >= 11 is 0. The molecule has 0 radical (unpaired) electrons. The minimum absolute atomic E-state index is 0.119. The maximum atomic E-state index is 11.8. The standard InChI is InChI=1S/C15H29NO2/c1-12(2)5-6-14-7-9-16(10-8-14)15(17)18-11-13(3)4/h12-14H,5-11H2,1-4H3. The van der Waals surface area contributed by atoms with Gasteiger partial charge in [0.05, 0.1) is 6.61 Å². The summed E-state index contributed by atoms with van der Waals surface area (Å²) in [6.45, 7) is 11.0. The van der Waals surface area contributed by atoms with Crippen LogP contribution in [0.25, 0.3) is 0 Å². The molecule has 0 saturated carbocycles. The largest absolute Gasteiger partial charge is 0.449 e. The third-order valence-electron chi connectivity index (χ3n) is 3.57. The third kappa shape index (κ3) is 5.74. The second kappa shape index (κ2) is 7.65. The molecule has 0 bridgehead atoms. The Hall–Kier alpha value is -0.730. The van der Waals surface area contributed by atoms with E-state index in [-0.39, 0.29) is 6.09 Å². The van der Waals surface area contributed by atoms with Gasteiger partial charge in [-0.1, -0.05) is 40.5 Å². The van der Waals surface area contributed by atoms with Crippen LogP contribution in [0, 0.1) is 17.8 Å². The highest BCUT2D eigenvalue weighted by Crippen LogP contribution is 2.24. The molecule has 0 N–H and O–H groups in total. The molecule has 0 spiro atoms. The summed E-state index contributed by atoms with van der Waals surface area (Å²) in [6.07, 6.45) is 4.79. The molecule has 0 aliphatic carbocycles. The molecule has 1 amide bonds. The van der Waals surface area contributed by atoms with Gasteiger partial charge in [0.25, 0.3) is 0 Å². The van der Waals surface area contributed by atoms with E-state index in [0.717, 1.165) is 37.8 Å². The summed E-state index contributed by atoms with van der Waals surface area (Å²) in [5, 5.41) is 0. The molecule has 1 heterocycles. The van der Waals surface area contributed by atoms with Gasteiger partial charge in [-0.3, -0.25) is 0 Å². The Bertz CT molecular complexity index is 243. The summed E-state index contributed by atoms with van der Waals surface area (Å²) in [5.74, 6) is 2.01. The second-order valence-corrected chi connectivity index (χ2v) is 6.37. The van der Waals surface area contributed by atoms with Crippen LogP contribution < -0.4 is 0 Å². The minimum Gasteiger partial charge on any atom is -0.449 e. The molecule has 0 atom stereocenters. The predicted molar refractivity (Wildman–Crippen MR) is 74.6 cm³/mol. The average molecular weight is 255 g/mol. The predicted octanol–water partition coefficient (Wildman–Crippen LogP) is 3.93. The van der Waals surface area contributed by atoms with Crippen LogP contribution in [0.4, 0.5) is 4.79 Å². The lowest BCUT2D eigenvalue weighted by molar-refractivity contribution is 0.0778. The lowest BCUT2D eigenvalue weighted by atomic mass is 9.90. The number of likely N-dealkylation sites (tertiary alicyclic amines) is 1. The van der Waals surface area contributed by atoms with Crippen molar-refractivity contribution in [1.82, 2.24) is 4.90 Å². The van der Waals surface area contributed by atoms with Crippen LogP contribution in [0.1, 0.15) is 53.4 Å². The molecule has 18 heavy (non-hydrogen) atoms. The highest BCUT2D eigenvalue weighted by Gasteiger charge is 2.23. The minimum atomic E-state index is -0.119. The number of hydrogen-bond donors (Lipinski definition) is 0. The molecule has 3 heteroatoms. The van der Waals surface area contributed by atoms with Gasteiger partial charge in [-0.15, -0.1) is 0 Å². The Labute approximate surface area is 112 Å². The number of carbonyl (C=O) groups is 1. The van der Waals surface area contributed by atoms with Gasteiger partial charge in [0.15, 0.2) is 0 Å². The Morgan fingerprint density at radius 3 is 2.28 bits per heavy atom. The lowest BCUT2D eigenvalue weighted by Gasteiger charge is -2.31. The molecule has 1 aliphatic rings. The number of hydrogen-bond acceptors (Lipinski definition) is 2. The summed E-state index contributed by atoms with van der Waals surface area (Å²) < 4.78 is 5.26. The first kappa shape index (κ1) is 15.3. The number of amides is 1. The first-order valence-electron chi connectivity index (χ1n) is 7.40. The Morgan fingerprint density at radius 1 is 1.17 bits per heavy atom. The van der Waals surface area contributed by atoms with E-state index in [1.54, 1.807) is 0 Å². The second-order valence-electron chi connectivity index (χ2n) is 6.37. The molecule has 1 aliphatic heterocycles. The maximum absolute atomic E-state index is 11.8. The molecule has 0 aromatic rings. The van der Waals surface area contributed by atoms with E-state index in [2.05, 4.69) is 27.7 Å². The smallest absolute Gasteiger partial charge is 0.409 e. The summed E-state index contributed by atoms with van der Waals surface area (Å²) in [5.41, 5.74) is 0. The average Bonchev–Trinajstić information content (AvgIpc) is 2.34. The van der Waals surface area contributed by atoms with Crippen molar-refractivity contribution in [3.63, 3.8) is 0 Å². The number of piperidine rings is 1. The normalized spacial score (nSPS) is 17.6. The van der Waals surface area contributed by atoms with E-state index in [1.165, 1.54) is 12.8 Å². The van der Waals surface area contributed by atoms with E-state index >= 15 is 0 Å². The van der Waals surface area contributed by atoms with Crippen molar-refractivity contribution in [2.45, 2.75) is 53.4 Å². The highest BCUT2D eigenvalue weighted by atomic mass is 16.6. The van der Waals surface area contributed by atoms with Crippen LogP contribution >= 0.6 is 0 Å². The van der Waals surface area contributed by atoms with Crippen molar-refractivity contribution < 1.29 is 9.53 Å². The number of carbonyl (C=O) groups excluding carboxylic acids is 1. The summed E-state index contributed by atoms with van der Waals surface area (Å²) in [7, 11) is 0. The van der Waals surface area contributed by atoms with E-state index in [4.69, 9.17) is 4.74 Å². The van der Waals surface area contributed by atoms with Gasteiger partial charge in [0.2, 0.25) is 0 Å². The van der Waals surface area contributed by atoms with Crippen molar-refractivity contribution in [3.8, 4) is 0 Å². The van der Waals surface area contributed by atoms with E-state index in [1.807, 2.05) is 4.90 Å². The molecule has 0 unspecified atom stereocenters. The molecule has 0 aromatic heterocycles. The fourth-order valence-electron chi connectivity index (χ4n) is 2.30. The fraction of sp³-hybridized carbons (Fsp3) is 0.933. The van der Waals surface area contributed by atoms with Crippen molar-refractivity contribution in [1.29, 1.82) is 0 Å². The summed E-state index contributed by atoms with van der Waals surface area (Å²) in [6, 6.07) is 0. The van der Waals surface area contributed by atoms with Crippen molar-refractivity contribution in [2.24, 2.45) is 17.8 Å². The number of rotatable bonds is 5. The van der Waals surface area contributed by atoms with Crippen LogP contribution in [0.3, 0.4) is 0 Å². The monoisotopic (exact) mass is 255 g/mol.